The van der Waals surface area contributed by atoms with Crippen molar-refractivity contribution >= 4 is 44.9 Å². The number of ether oxygens (including phenoxy) is 1. The standard InChI is InChI=1S/C19H21BrN2O2S/c1-11-7-13(3)18(14(4)8-11)22-19(25)21-17(23)10-24-16-6-5-15(20)9-12(16)2/h5-9H,10H2,1-4H3,(H2,21,22,23,25). The Balaban J connectivity index is 1.91. The summed E-state index contributed by atoms with van der Waals surface area (Å²) < 4.78 is 6.52. The van der Waals surface area contributed by atoms with Gasteiger partial charge in [-0.3, -0.25) is 10.1 Å². The van der Waals surface area contributed by atoms with Crippen LogP contribution in [0.15, 0.2) is 34.8 Å². The zero-order valence-corrected chi connectivity index (χ0v) is 17.1. The maximum atomic E-state index is 12.0. The lowest BCUT2D eigenvalue weighted by atomic mass is 10.1. The number of nitrogens with one attached hydrogen (secondary N) is 2. The summed E-state index contributed by atoms with van der Waals surface area (Å²) in [5, 5.41) is 6.00. The Kier molecular flexibility index (Phi) is 6.56. The van der Waals surface area contributed by atoms with E-state index in [1.54, 1.807) is 0 Å². The van der Waals surface area contributed by atoms with E-state index >= 15 is 0 Å². The summed E-state index contributed by atoms with van der Waals surface area (Å²) >= 11 is 8.63. The Labute approximate surface area is 162 Å². The van der Waals surface area contributed by atoms with E-state index in [4.69, 9.17) is 17.0 Å². The third-order valence-corrected chi connectivity index (χ3v) is 4.36. The summed E-state index contributed by atoms with van der Waals surface area (Å²) in [5.74, 6) is 0.365. The molecule has 2 rings (SSSR count). The second kappa shape index (κ2) is 8.45. The Morgan fingerprint density at radius 2 is 1.72 bits per heavy atom. The molecule has 4 nitrogen and oxygen atoms in total. The number of amides is 1. The van der Waals surface area contributed by atoms with E-state index in [2.05, 4.69) is 38.7 Å². The highest BCUT2D eigenvalue weighted by molar-refractivity contribution is 9.10. The lowest BCUT2D eigenvalue weighted by molar-refractivity contribution is -0.121. The molecule has 0 unspecified atom stereocenters. The van der Waals surface area contributed by atoms with Crippen molar-refractivity contribution in [3.63, 3.8) is 0 Å². The molecule has 25 heavy (non-hydrogen) atoms. The number of hydrogen-bond donors (Lipinski definition) is 2. The van der Waals surface area contributed by atoms with Crippen LogP contribution in [-0.2, 0) is 4.79 Å². The van der Waals surface area contributed by atoms with Crippen molar-refractivity contribution in [1.29, 1.82) is 0 Å². The van der Waals surface area contributed by atoms with Gasteiger partial charge in [0, 0.05) is 10.2 Å². The first kappa shape index (κ1) is 19.4. The fourth-order valence-corrected chi connectivity index (χ4v) is 3.29. The first-order valence-corrected chi connectivity index (χ1v) is 9.04. The molecule has 6 heteroatoms. The Bertz CT molecular complexity index is 798. The number of carbonyl (C=O) groups is 1. The molecular formula is C19H21BrN2O2S. The van der Waals surface area contributed by atoms with Gasteiger partial charge in [-0.2, -0.15) is 0 Å². The minimum Gasteiger partial charge on any atom is -0.483 e. The lowest BCUT2D eigenvalue weighted by Gasteiger charge is -2.15. The van der Waals surface area contributed by atoms with Crippen molar-refractivity contribution < 1.29 is 9.53 Å². The molecule has 0 saturated carbocycles. The largest absolute Gasteiger partial charge is 0.483 e. The molecule has 2 aromatic rings. The van der Waals surface area contributed by atoms with Crippen LogP contribution in [-0.4, -0.2) is 17.6 Å². The molecule has 132 valence electrons. The smallest absolute Gasteiger partial charge is 0.264 e. The Morgan fingerprint density at radius 1 is 1.08 bits per heavy atom. The normalized spacial score (nSPS) is 10.3. The quantitative estimate of drug-likeness (QED) is 0.710. The number of aryl methyl sites for hydroxylation is 4. The van der Waals surface area contributed by atoms with Crippen LogP contribution in [0.1, 0.15) is 22.3 Å². The molecular weight excluding hydrogens is 400 g/mol. The van der Waals surface area contributed by atoms with Crippen molar-refractivity contribution in [3.05, 3.63) is 57.1 Å². The summed E-state index contributed by atoms with van der Waals surface area (Å²) in [6, 6.07) is 9.76. The van der Waals surface area contributed by atoms with E-state index in [-0.39, 0.29) is 17.6 Å². The van der Waals surface area contributed by atoms with Gasteiger partial charge >= 0.3 is 0 Å². The van der Waals surface area contributed by atoms with Gasteiger partial charge in [0.25, 0.3) is 5.91 Å². The van der Waals surface area contributed by atoms with Crippen LogP contribution in [0.2, 0.25) is 0 Å². The molecule has 0 fully saturated rings. The molecule has 1 amide bonds. The predicted octanol–water partition coefficient (Wildman–Crippen LogP) is 4.57. The van der Waals surface area contributed by atoms with E-state index < -0.39 is 0 Å². The molecule has 0 atom stereocenters. The molecule has 2 aromatic carbocycles. The molecule has 0 heterocycles. The van der Waals surface area contributed by atoms with E-state index in [0.717, 1.165) is 26.9 Å². The topological polar surface area (TPSA) is 50.4 Å². The third kappa shape index (κ3) is 5.54. The van der Waals surface area contributed by atoms with Gasteiger partial charge in [-0.1, -0.05) is 33.6 Å². The highest BCUT2D eigenvalue weighted by Gasteiger charge is 2.10. The number of benzene rings is 2. The average molecular weight is 421 g/mol. The van der Waals surface area contributed by atoms with Crippen molar-refractivity contribution in [2.75, 3.05) is 11.9 Å². The van der Waals surface area contributed by atoms with Crippen LogP contribution in [0.25, 0.3) is 0 Å². The predicted molar refractivity (Wildman–Crippen MR) is 109 cm³/mol. The number of thiocarbonyl (C=S) groups is 1. The summed E-state index contributed by atoms with van der Waals surface area (Å²) in [7, 11) is 0. The average Bonchev–Trinajstić information content (AvgIpc) is 2.50. The minimum absolute atomic E-state index is 0.101. The summed E-state index contributed by atoms with van der Waals surface area (Å²) in [5.41, 5.74) is 5.22. The van der Waals surface area contributed by atoms with Crippen LogP contribution >= 0.6 is 28.1 Å². The van der Waals surface area contributed by atoms with Gasteiger partial charge < -0.3 is 10.1 Å². The van der Waals surface area contributed by atoms with Gasteiger partial charge in [0.15, 0.2) is 11.7 Å². The van der Waals surface area contributed by atoms with Crippen LogP contribution in [0, 0.1) is 27.7 Å². The highest BCUT2D eigenvalue weighted by atomic mass is 79.9. The van der Waals surface area contributed by atoms with Gasteiger partial charge in [0.1, 0.15) is 5.75 Å². The molecule has 0 saturated heterocycles. The second-order valence-corrected chi connectivity index (χ2v) is 7.30. The summed E-state index contributed by atoms with van der Waals surface area (Å²) in [6.45, 7) is 7.88. The molecule has 0 aromatic heterocycles. The zero-order valence-electron chi connectivity index (χ0n) is 14.7. The molecule has 0 aliphatic rings. The molecule has 0 aliphatic heterocycles. The first-order valence-electron chi connectivity index (χ1n) is 7.84. The van der Waals surface area contributed by atoms with Crippen molar-refractivity contribution in [2.45, 2.75) is 27.7 Å². The highest BCUT2D eigenvalue weighted by Crippen LogP contribution is 2.23. The van der Waals surface area contributed by atoms with Crippen LogP contribution in [0.5, 0.6) is 5.75 Å². The third-order valence-electron chi connectivity index (χ3n) is 3.66. The van der Waals surface area contributed by atoms with Gasteiger partial charge in [-0.25, -0.2) is 0 Å². The van der Waals surface area contributed by atoms with Crippen LogP contribution < -0.4 is 15.4 Å². The van der Waals surface area contributed by atoms with Crippen molar-refractivity contribution in [2.24, 2.45) is 0 Å². The maximum Gasteiger partial charge on any atom is 0.264 e. The maximum absolute atomic E-state index is 12.0. The molecule has 0 radical (unpaired) electrons. The molecule has 0 bridgehead atoms. The number of hydrogen-bond acceptors (Lipinski definition) is 3. The lowest BCUT2D eigenvalue weighted by Crippen LogP contribution is -2.37. The number of anilines is 1. The van der Waals surface area contributed by atoms with E-state index in [1.165, 1.54) is 5.56 Å². The molecule has 0 spiro atoms. The summed E-state index contributed by atoms with van der Waals surface area (Å²) in [6.07, 6.45) is 0. The monoisotopic (exact) mass is 420 g/mol. The Hall–Kier alpha value is -1.92. The fraction of sp³-hybridized carbons (Fsp3) is 0.263. The first-order chi connectivity index (χ1) is 11.8. The fourth-order valence-electron chi connectivity index (χ4n) is 2.60. The van der Waals surface area contributed by atoms with E-state index in [1.807, 2.05) is 45.9 Å². The number of carbonyl (C=O) groups excluding carboxylic acids is 1. The number of rotatable bonds is 4. The molecule has 0 aliphatic carbocycles. The van der Waals surface area contributed by atoms with Crippen molar-refractivity contribution in [1.82, 2.24) is 5.32 Å². The van der Waals surface area contributed by atoms with Gasteiger partial charge in [0.05, 0.1) is 0 Å². The van der Waals surface area contributed by atoms with E-state index in [0.29, 0.717) is 5.75 Å². The van der Waals surface area contributed by atoms with Crippen LogP contribution in [0.4, 0.5) is 5.69 Å². The number of halogens is 1. The van der Waals surface area contributed by atoms with Crippen molar-refractivity contribution in [3.8, 4) is 5.75 Å². The van der Waals surface area contributed by atoms with Crippen LogP contribution in [0.3, 0.4) is 0 Å². The minimum atomic E-state index is -0.303. The molecule has 2 N–H and O–H groups in total. The van der Waals surface area contributed by atoms with Gasteiger partial charge in [-0.05, 0) is 74.8 Å². The SMILES string of the molecule is Cc1cc(C)c(NC(=S)NC(=O)COc2ccc(Br)cc2C)c(C)c1. The second-order valence-electron chi connectivity index (χ2n) is 5.97. The summed E-state index contributed by atoms with van der Waals surface area (Å²) in [4.78, 5) is 12.0. The Morgan fingerprint density at radius 3 is 2.32 bits per heavy atom. The zero-order chi connectivity index (χ0) is 18.6. The van der Waals surface area contributed by atoms with Gasteiger partial charge in [0.2, 0.25) is 0 Å². The van der Waals surface area contributed by atoms with E-state index in [9.17, 15) is 4.79 Å². The van der Waals surface area contributed by atoms with Gasteiger partial charge in [-0.15, -0.1) is 0 Å².